The quantitative estimate of drug-likeness (QED) is 0.396. The maximum absolute atomic E-state index is 13.2. The van der Waals surface area contributed by atoms with Gasteiger partial charge in [0.2, 0.25) is 5.91 Å². The fraction of sp³-hybridized carbons (Fsp3) is 0.235. The Morgan fingerprint density at radius 2 is 2.07 bits per heavy atom. The summed E-state index contributed by atoms with van der Waals surface area (Å²) in [5.41, 5.74) is -1.91. The number of non-ortho nitro benzene ring substituents is 1. The van der Waals surface area contributed by atoms with Crippen molar-refractivity contribution < 1.29 is 22.9 Å². The van der Waals surface area contributed by atoms with E-state index in [2.05, 4.69) is 10.3 Å². The van der Waals surface area contributed by atoms with Gasteiger partial charge in [-0.1, -0.05) is 23.4 Å². The molecule has 0 aliphatic carbocycles. The van der Waals surface area contributed by atoms with E-state index in [0.717, 1.165) is 18.2 Å². The molecule has 12 heteroatoms. The molecule has 29 heavy (non-hydrogen) atoms. The standard InChI is InChI=1S/C17H12ClF3N4O3S/c1-8-5-12(17(19,20)21)11(7-22)16(23-8)29-9(2)15(26)24-14-4-3-10(25(27)28)6-13(14)18/h3-6,9H,1-2H3,(H,24,26). The van der Waals surface area contributed by atoms with E-state index in [-0.39, 0.29) is 27.1 Å². The number of aryl methyl sites for hydroxylation is 1. The summed E-state index contributed by atoms with van der Waals surface area (Å²) in [5.74, 6) is -0.633. The smallest absolute Gasteiger partial charge is 0.324 e. The van der Waals surface area contributed by atoms with E-state index < -0.39 is 33.4 Å². The molecule has 1 unspecified atom stereocenters. The number of hydrogen-bond donors (Lipinski definition) is 1. The summed E-state index contributed by atoms with van der Waals surface area (Å²) in [6, 6.07) is 5.70. The van der Waals surface area contributed by atoms with Crippen LogP contribution in [0.1, 0.15) is 23.7 Å². The highest BCUT2D eigenvalue weighted by molar-refractivity contribution is 8.00. The SMILES string of the molecule is Cc1cc(C(F)(F)F)c(C#N)c(SC(C)C(=O)Nc2ccc([N+](=O)[O-])cc2Cl)n1. The molecule has 1 aromatic heterocycles. The fourth-order valence-corrected chi connectivity index (χ4v) is 3.43. The topological polar surface area (TPSA) is 109 Å². The number of aromatic nitrogens is 1. The minimum atomic E-state index is -4.74. The Morgan fingerprint density at radius 3 is 2.59 bits per heavy atom. The van der Waals surface area contributed by atoms with E-state index in [1.807, 2.05) is 0 Å². The summed E-state index contributed by atoms with van der Waals surface area (Å²) in [7, 11) is 0. The highest BCUT2D eigenvalue weighted by atomic mass is 35.5. The van der Waals surface area contributed by atoms with E-state index in [1.54, 1.807) is 0 Å². The third-order valence-corrected chi connectivity index (χ3v) is 5.01. The summed E-state index contributed by atoms with van der Waals surface area (Å²) in [4.78, 5) is 26.4. The van der Waals surface area contributed by atoms with Crippen molar-refractivity contribution in [3.05, 3.63) is 56.2 Å². The first kappa shape index (κ1) is 22.4. The molecule has 152 valence electrons. The maximum Gasteiger partial charge on any atom is 0.417 e. The zero-order chi connectivity index (χ0) is 21.9. The zero-order valence-corrected chi connectivity index (χ0v) is 16.4. The van der Waals surface area contributed by atoms with Gasteiger partial charge in [0.05, 0.1) is 32.0 Å². The lowest BCUT2D eigenvalue weighted by Gasteiger charge is -2.16. The number of nitro benzene ring substituents is 1. The summed E-state index contributed by atoms with van der Waals surface area (Å²) in [6.45, 7) is 2.76. The molecule has 1 atom stereocenters. The number of thioether (sulfide) groups is 1. The van der Waals surface area contributed by atoms with Crippen LogP contribution in [0.25, 0.3) is 0 Å². The van der Waals surface area contributed by atoms with Crippen LogP contribution < -0.4 is 5.32 Å². The van der Waals surface area contributed by atoms with Gasteiger partial charge in [-0.25, -0.2) is 4.98 Å². The number of rotatable bonds is 5. The van der Waals surface area contributed by atoms with Crippen molar-refractivity contribution in [2.24, 2.45) is 0 Å². The molecule has 0 saturated heterocycles. The van der Waals surface area contributed by atoms with Gasteiger partial charge in [0, 0.05) is 17.8 Å². The van der Waals surface area contributed by atoms with Gasteiger partial charge in [-0.2, -0.15) is 18.4 Å². The third kappa shape index (κ3) is 5.36. The molecule has 0 spiro atoms. The van der Waals surface area contributed by atoms with Crippen molar-refractivity contribution in [3.8, 4) is 6.07 Å². The molecule has 2 aromatic rings. The lowest BCUT2D eigenvalue weighted by Crippen LogP contribution is -2.23. The van der Waals surface area contributed by atoms with Crippen LogP contribution in [0.15, 0.2) is 29.3 Å². The van der Waals surface area contributed by atoms with Gasteiger partial charge in [-0.3, -0.25) is 14.9 Å². The van der Waals surface area contributed by atoms with Crippen molar-refractivity contribution in [1.29, 1.82) is 5.26 Å². The second-order valence-electron chi connectivity index (χ2n) is 5.77. The van der Waals surface area contributed by atoms with Crippen LogP contribution in [0.3, 0.4) is 0 Å². The largest absolute Gasteiger partial charge is 0.417 e. The van der Waals surface area contributed by atoms with Crippen LogP contribution in [-0.2, 0) is 11.0 Å². The highest BCUT2D eigenvalue weighted by Crippen LogP contribution is 2.37. The number of carbonyl (C=O) groups excluding carboxylic acids is 1. The Morgan fingerprint density at radius 1 is 1.41 bits per heavy atom. The number of benzene rings is 1. The maximum atomic E-state index is 13.2. The van der Waals surface area contributed by atoms with E-state index in [9.17, 15) is 33.3 Å². The van der Waals surface area contributed by atoms with Gasteiger partial charge in [0.15, 0.2) is 0 Å². The van der Waals surface area contributed by atoms with Crippen molar-refractivity contribution in [1.82, 2.24) is 4.98 Å². The molecule has 1 amide bonds. The van der Waals surface area contributed by atoms with Crippen molar-refractivity contribution >= 4 is 40.6 Å². The van der Waals surface area contributed by atoms with E-state index in [4.69, 9.17) is 11.6 Å². The Labute approximate surface area is 172 Å². The highest BCUT2D eigenvalue weighted by Gasteiger charge is 2.36. The number of halogens is 4. The van der Waals surface area contributed by atoms with E-state index >= 15 is 0 Å². The number of anilines is 1. The summed E-state index contributed by atoms with van der Waals surface area (Å²) >= 11 is 6.60. The minimum Gasteiger partial charge on any atom is -0.324 e. The molecule has 0 saturated carbocycles. The van der Waals surface area contributed by atoms with Crippen LogP contribution in [0.4, 0.5) is 24.5 Å². The molecule has 7 nitrogen and oxygen atoms in total. The first-order chi connectivity index (χ1) is 13.4. The molecule has 0 aliphatic heterocycles. The number of nitro groups is 1. The van der Waals surface area contributed by atoms with Crippen LogP contribution in [-0.4, -0.2) is 21.1 Å². The van der Waals surface area contributed by atoms with Crippen LogP contribution in [0.5, 0.6) is 0 Å². The Hall–Kier alpha value is -2.84. The fourth-order valence-electron chi connectivity index (χ4n) is 2.24. The predicted molar refractivity (Wildman–Crippen MR) is 101 cm³/mol. The van der Waals surface area contributed by atoms with Gasteiger partial charge in [-0.05, 0) is 26.0 Å². The van der Waals surface area contributed by atoms with Crippen molar-refractivity contribution in [2.75, 3.05) is 5.32 Å². The second-order valence-corrected chi connectivity index (χ2v) is 7.51. The number of nitrogens with zero attached hydrogens (tertiary/aromatic N) is 3. The Bertz CT molecular complexity index is 1020. The number of amides is 1. The number of nitriles is 1. The van der Waals surface area contributed by atoms with Crippen LogP contribution in [0, 0.1) is 28.4 Å². The molecule has 0 fully saturated rings. The minimum absolute atomic E-state index is 0.0462. The van der Waals surface area contributed by atoms with Crippen LogP contribution in [0.2, 0.25) is 5.02 Å². The average Bonchev–Trinajstić information content (AvgIpc) is 2.61. The number of hydrogen-bond acceptors (Lipinski definition) is 6. The van der Waals surface area contributed by atoms with Gasteiger partial charge in [0.1, 0.15) is 11.1 Å². The second kappa shape index (κ2) is 8.67. The number of pyridine rings is 1. The summed E-state index contributed by atoms with van der Waals surface area (Å²) in [6.07, 6.45) is -4.74. The monoisotopic (exact) mass is 444 g/mol. The Balaban J connectivity index is 2.26. The molecular weight excluding hydrogens is 433 g/mol. The lowest BCUT2D eigenvalue weighted by molar-refractivity contribution is -0.384. The van der Waals surface area contributed by atoms with Gasteiger partial charge >= 0.3 is 6.18 Å². The molecular formula is C17H12ClF3N4O3S. The number of carbonyl (C=O) groups is 1. The van der Waals surface area contributed by atoms with E-state index in [1.165, 1.54) is 26.0 Å². The van der Waals surface area contributed by atoms with Crippen LogP contribution >= 0.6 is 23.4 Å². The van der Waals surface area contributed by atoms with Gasteiger partial charge in [0.25, 0.3) is 5.69 Å². The normalized spacial score (nSPS) is 12.2. The molecule has 0 bridgehead atoms. The van der Waals surface area contributed by atoms with Gasteiger partial charge < -0.3 is 5.32 Å². The first-order valence-corrected chi connectivity index (χ1v) is 9.10. The summed E-state index contributed by atoms with van der Waals surface area (Å²) < 4.78 is 39.5. The molecule has 1 N–H and O–H groups in total. The van der Waals surface area contributed by atoms with Gasteiger partial charge in [-0.15, -0.1) is 0 Å². The molecule has 0 aliphatic rings. The molecule has 1 heterocycles. The molecule has 1 aromatic carbocycles. The summed E-state index contributed by atoms with van der Waals surface area (Å²) in [5, 5.41) is 21.1. The third-order valence-electron chi connectivity index (χ3n) is 3.61. The molecule has 0 radical (unpaired) electrons. The van der Waals surface area contributed by atoms with Crippen molar-refractivity contribution in [2.45, 2.75) is 30.3 Å². The lowest BCUT2D eigenvalue weighted by atomic mass is 10.1. The predicted octanol–water partition coefficient (Wildman–Crippen LogP) is 4.96. The van der Waals surface area contributed by atoms with Crippen molar-refractivity contribution in [3.63, 3.8) is 0 Å². The Kier molecular flexibility index (Phi) is 6.71. The zero-order valence-electron chi connectivity index (χ0n) is 14.9. The molecule has 2 rings (SSSR count). The average molecular weight is 445 g/mol. The van der Waals surface area contributed by atoms with E-state index in [0.29, 0.717) is 11.8 Å². The first-order valence-electron chi connectivity index (χ1n) is 7.84. The number of nitrogens with one attached hydrogen (secondary N) is 1. The number of alkyl halides is 3.